The second kappa shape index (κ2) is 8.72. The van der Waals surface area contributed by atoms with Crippen LogP contribution in [0.1, 0.15) is 41.7 Å². The number of hydrogen-bond acceptors (Lipinski definition) is 5. The summed E-state index contributed by atoms with van der Waals surface area (Å²) in [6, 6.07) is 12.1. The highest BCUT2D eigenvalue weighted by Crippen LogP contribution is 2.19. The van der Waals surface area contributed by atoms with Gasteiger partial charge >= 0.3 is 0 Å². The van der Waals surface area contributed by atoms with Crippen LogP contribution in [0.15, 0.2) is 53.4 Å². The van der Waals surface area contributed by atoms with Crippen molar-refractivity contribution in [2.45, 2.75) is 36.8 Å². The topological polar surface area (TPSA) is 105 Å². The smallest absolute Gasteiger partial charge is 0.251 e. The molecule has 1 fully saturated rings. The molecule has 1 aliphatic rings. The van der Waals surface area contributed by atoms with E-state index in [0.717, 1.165) is 18.4 Å². The van der Waals surface area contributed by atoms with E-state index in [-0.39, 0.29) is 35.2 Å². The summed E-state index contributed by atoms with van der Waals surface area (Å²) < 4.78 is 32.7. The number of rotatable bonds is 7. The molecule has 0 saturated carbocycles. The van der Waals surface area contributed by atoms with E-state index in [2.05, 4.69) is 10.0 Å². The third-order valence-corrected chi connectivity index (χ3v) is 6.11. The summed E-state index contributed by atoms with van der Waals surface area (Å²) in [5, 5.41) is 12.4. The third-order valence-electron chi connectivity index (χ3n) is 4.67. The number of carbonyl (C=O) groups is 1. The number of benzene rings is 2. The summed E-state index contributed by atoms with van der Waals surface area (Å²) in [6.45, 7) is 2.71. The van der Waals surface area contributed by atoms with Crippen LogP contribution in [0.3, 0.4) is 0 Å². The fraction of sp³-hybridized carbons (Fsp3) is 0.350. The largest absolute Gasteiger partial charge is 0.508 e. The first-order chi connectivity index (χ1) is 13.3. The van der Waals surface area contributed by atoms with Crippen LogP contribution in [-0.2, 0) is 14.8 Å². The molecule has 2 aromatic rings. The zero-order valence-electron chi connectivity index (χ0n) is 15.6. The summed E-state index contributed by atoms with van der Waals surface area (Å²) in [6.07, 6.45) is 1.70. The lowest BCUT2D eigenvalue weighted by Crippen LogP contribution is -2.32. The predicted molar refractivity (Wildman–Crippen MR) is 105 cm³/mol. The summed E-state index contributed by atoms with van der Waals surface area (Å²) >= 11 is 0. The van der Waals surface area contributed by atoms with E-state index < -0.39 is 10.0 Å². The number of phenols is 1. The van der Waals surface area contributed by atoms with Crippen molar-refractivity contribution in [2.24, 2.45) is 0 Å². The molecule has 8 heteroatoms. The molecule has 7 nitrogen and oxygen atoms in total. The van der Waals surface area contributed by atoms with Crippen LogP contribution < -0.4 is 10.0 Å². The Morgan fingerprint density at radius 1 is 1.25 bits per heavy atom. The SMILES string of the molecule is CC(NC(=O)c1ccc(S(=O)(=O)NCC2CCCO2)cc1)c1cccc(O)c1. The fourth-order valence-electron chi connectivity index (χ4n) is 3.03. The molecule has 2 atom stereocenters. The van der Waals surface area contributed by atoms with Gasteiger partial charge in [-0.1, -0.05) is 12.1 Å². The lowest BCUT2D eigenvalue weighted by Gasteiger charge is -2.15. The second-order valence-corrected chi connectivity index (χ2v) is 8.57. The monoisotopic (exact) mass is 404 g/mol. The molecule has 3 N–H and O–H groups in total. The third kappa shape index (κ3) is 5.09. The minimum Gasteiger partial charge on any atom is -0.508 e. The minimum atomic E-state index is -3.65. The van der Waals surface area contributed by atoms with Crippen molar-refractivity contribution < 1.29 is 23.1 Å². The van der Waals surface area contributed by atoms with E-state index in [1.165, 1.54) is 24.3 Å². The Balaban J connectivity index is 1.61. The van der Waals surface area contributed by atoms with E-state index in [4.69, 9.17) is 4.74 Å². The van der Waals surface area contributed by atoms with Crippen LogP contribution in [0.2, 0.25) is 0 Å². The van der Waals surface area contributed by atoms with Gasteiger partial charge in [0.25, 0.3) is 5.91 Å². The van der Waals surface area contributed by atoms with Gasteiger partial charge in [-0.25, -0.2) is 13.1 Å². The Hall–Kier alpha value is -2.42. The lowest BCUT2D eigenvalue weighted by molar-refractivity contribution is 0.0939. The molecule has 0 spiro atoms. The maximum atomic E-state index is 12.4. The number of phenolic OH excluding ortho intramolecular Hbond substituents is 1. The first-order valence-electron chi connectivity index (χ1n) is 9.16. The van der Waals surface area contributed by atoms with Gasteiger partial charge in [0.15, 0.2) is 0 Å². The molecule has 150 valence electrons. The normalized spacial score (nSPS) is 18.0. The van der Waals surface area contributed by atoms with Crippen molar-refractivity contribution in [3.05, 3.63) is 59.7 Å². The average Bonchev–Trinajstić information content (AvgIpc) is 3.20. The second-order valence-electron chi connectivity index (χ2n) is 6.80. The number of nitrogens with one attached hydrogen (secondary N) is 2. The van der Waals surface area contributed by atoms with Gasteiger partial charge in [0.2, 0.25) is 10.0 Å². The zero-order valence-corrected chi connectivity index (χ0v) is 16.4. The maximum absolute atomic E-state index is 12.4. The molecule has 0 bridgehead atoms. The van der Waals surface area contributed by atoms with E-state index in [1.807, 2.05) is 0 Å². The van der Waals surface area contributed by atoms with Gasteiger partial charge in [0.1, 0.15) is 5.75 Å². The number of carbonyl (C=O) groups excluding carboxylic acids is 1. The van der Waals surface area contributed by atoms with Crippen LogP contribution >= 0.6 is 0 Å². The van der Waals surface area contributed by atoms with Crippen molar-refractivity contribution in [3.8, 4) is 5.75 Å². The Kier molecular flexibility index (Phi) is 6.33. The van der Waals surface area contributed by atoms with E-state index >= 15 is 0 Å². The van der Waals surface area contributed by atoms with Gasteiger partial charge in [-0.05, 0) is 61.7 Å². The maximum Gasteiger partial charge on any atom is 0.251 e. The van der Waals surface area contributed by atoms with Crippen LogP contribution in [0.4, 0.5) is 0 Å². The van der Waals surface area contributed by atoms with Crippen molar-refractivity contribution in [1.29, 1.82) is 0 Å². The highest BCUT2D eigenvalue weighted by atomic mass is 32.2. The standard InChI is InChI=1S/C20H24N2O5S/c1-14(16-4-2-5-17(23)12-16)22-20(24)15-7-9-19(10-8-15)28(25,26)21-13-18-6-3-11-27-18/h2,4-5,7-10,12,14,18,21,23H,3,6,11,13H2,1H3,(H,22,24). The molecule has 1 amide bonds. The van der Waals surface area contributed by atoms with Crippen molar-refractivity contribution in [3.63, 3.8) is 0 Å². The molecular formula is C20H24N2O5S. The Bertz CT molecular complexity index is 922. The average molecular weight is 404 g/mol. The highest BCUT2D eigenvalue weighted by Gasteiger charge is 2.20. The van der Waals surface area contributed by atoms with Gasteiger partial charge in [0.05, 0.1) is 17.0 Å². The molecule has 0 radical (unpaired) electrons. The fourth-order valence-corrected chi connectivity index (χ4v) is 4.10. The van der Waals surface area contributed by atoms with Crippen LogP contribution in [0.5, 0.6) is 5.75 Å². The summed E-state index contributed by atoms with van der Waals surface area (Å²) in [5.41, 5.74) is 1.12. The van der Waals surface area contributed by atoms with Crippen molar-refractivity contribution >= 4 is 15.9 Å². The number of amides is 1. The molecule has 1 aliphatic heterocycles. The first-order valence-corrected chi connectivity index (χ1v) is 10.6. The summed E-state index contributed by atoms with van der Waals surface area (Å²) in [4.78, 5) is 12.5. The van der Waals surface area contributed by atoms with E-state index in [1.54, 1.807) is 31.2 Å². The van der Waals surface area contributed by atoms with E-state index in [9.17, 15) is 18.3 Å². The van der Waals surface area contributed by atoms with Gasteiger partial charge in [-0.3, -0.25) is 4.79 Å². The zero-order chi connectivity index (χ0) is 20.1. The molecule has 28 heavy (non-hydrogen) atoms. The number of aromatic hydroxyl groups is 1. The van der Waals surface area contributed by atoms with Gasteiger partial charge in [0, 0.05) is 18.7 Å². The molecule has 2 aromatic carbocycles. The van der Waals surface area contributed by atoms with Crippen LogP contribution in [0.25, 0.3) is 0 Å². The van der Waals surface area contributed by atoms with Gasteiger partial charge in [-0.15, -0.1) is 0 Å². The van der Waals surface area contributed by atoms with Crippen LogP contribution in [0, 0.1) is 0 Å². The number of ether oxygens (including phenoxy) is 1. The molecular weight excluding hydrogens is 380 g/mol. The Morgan fingerprint density at radius 2 is 2.00 bits per heavy atom. The van der Waals surface area contributed by atoms with Crippen molar-refractivity contribution in [2.75, 3.05) is 13.2 Å². The number of sulfonamides is 1. The number of hydrogen-bond donors (Lipinski definition) is 3. The molecule has 0 aromatic heterocycles. The van der Waals surface area contributed by atoms with Gasteiger partial charge in [-0.2, -0.15) is 0 Å². The Labute approximate surface area is 164 Å². The van der Waals surface area contributed by atoms with E-state index in [0.29, 0.717) is 12.2 Å². The molecule has 1 saturated heterocycles. The van der Waals surface area contributed by atoms with Crippen LogP contribution in [-0.4, -0.2) is 38.7 Å². The molecule has 2 unspecified atom stereocenters. The predicted octanol–water partition coefficient (Wildman–Crippen LogP) is 2.34. The minimum absolute atomic E-state index is 0.0845. The first kappa shape index (κ1) is 20.3. The highest BCUT2D eigenvalue weighted by molar-refractivity contribution is 7.89. The summed E-state index contributed by atoms with van der Waals surface area (Å²) in [7, 11) is -3.65. The molecule has 0 aliphatic carbocycles. The lowest BCUT2D eigenvalue weighted by atomic mass is 10.1. The summed E-state index contributed by atoms with van der Waals surface area (Å²) in [5.74, 6) is -0.198. The molecule has 3 rings (SSSR count). The van der Waals surface area contributed by atoms with Gasteiger partial charge < -0.3 is 15.2 Å². The Morgan fingerprint density at radius 3 is 2.64 bits per heavy atom. The van der Waals surface area contributed by atoms with Crippen molar-refractivity contribution in [1.82, 2.24) is 10.0 Å². The quantitative estimate of drug-likeness (QED) is 0.657. The molecule has 1 heterocycles.